The molecule has 1 aliphatic rings. The van der Waals surface area contributed by atoms with E-state index in [1.807, 2.05) is 42.2 Å². The standard InChI is InChI=1S/C17H24N2O4/c1-2-18(11-15-9-6-10-19(15)12-16(20)21)17(22)23-13-14-7-4-3-5-8-14/h3-5,7-8,15H,2,6,9-13H2,1H3,(H,20,21). The van der Waals surface area contributed by atoms with Gasteiger partial charge in [-0.1, -0.05) is 30.3 Å². The Kier molecular flexibility index (Phi) is 6.40. The predicted octanol–water partition coefficient (Wildman–Crippen LogP) is 2.19. The molecule has 0 bridgehead atoms. The lowest BCUT2D eigenvalue weighted by Crippen LogP contribution is -2.44. The second-order valence-corrected chi connectivity index (χ2v) is 5.74. The fourth-order valence-electron chi connectivity index (χ4n) is 2.88. The Bertz CT molecular complexity index is 521. The van der Waals surface area contributed by atoms with Crippen LogP contribution in [0.15, 0.2) is 30.3 Å². The largest absolute Gasteiger partial charge is 0.480 e. The zero-order valence-electron chi connectivity index (χ0n) is 13.5. The minimum Gasteiger partial charge on any atom is -0.480 e. The van der Waals surface area contributed by atoms with Crippen LogP contribution in [0.1, 0.15) is 25.3 Å². The topological polar surface area (TPSA) is 70.1 Å². The summed E-state index contributed by atoms with van der Waals surface area (Å²) in [7, 11) is 0. The first-order valence-electron chi connectivity index (χ1n) is 8.01. The van der Waals surface area contributed by atoms with Crippen LogP contribution >= 0.6 is 0 Å². The predicted molar refractivity (Wildman–Crippen MR) is 86.1 cm³/mol. The van der Waals surface area contributed by atoms with Crippen molar-refractivity contribution in [2.75, 3.05) is 26.2 Å². The lowest BCUT2D eigenvalue weighted by Gasteiger charge is -2.28. The molecule has 1 amide bonds. The van der Waals surface area contributed by atoms with Crippen molar-refractivity contribution in [3.05, 3.63) is 35.9 Å². The molecule has 6 nitrogen and oxygen atoms in total. The number of likely N-dealkylation sites (tertiary alicyclic amines) is 1. The Morgan fingerprint density at radius 2 is 2.09 bits per heavy atom. The van der Waals surface area contributed by atoms with Gasteiger partial charge >= 0.3 is 12.1 Å². The summed E-state index contributed by atoms with van der Waals surface area (Å²) in [6, 6.07) is 9.65. The number of hydrogen-bond acceptors (Lipinski definition) is 4. The molecule has 0 saturated carbocycles. The fraction of sp³-hybridized carbons (Fsp3) is 0.529. The molecule has 1 unspecified atom stereocenters. The molecular weight excluding hydrogens is 296 g/mol. The smallest absolute Gasteiger partial charge is 0.410 e. The zero-order chi connectivity index (χ0) is 16.7. The van der Waals surface area contributed by atoms with Gasteiger partial charge in [-0.15, -0.1) is 0 Å². The van der Waals surface area contributed by atoms with Gasteiger partial charge in [-0.25, -0.2) is 4.79 Å². The zero-order valence-corrected chi connectivity index (χ0v) is 13.5. The third kappa shape index (κ3) is 5.25. The Morgan fingerprint density at radius 3 is 2.74 bits per heavy atom. The van der Waals surface area contributed by atoms with Gasteiger partial charge in [0.1, 0.15) is 6.61 Å². The van der Waals surface area contributed by atoms with E-state index in [1.165, 1.54) is 0 Å². The number of aliphatic carboxylic acids is 1. The van der Waals surface area contributed by atoms with E-state index in [-0.39, 0.29) is 25.3 Å². The second kappa shape index (κ2) is 8.53. The van der Waals surface area contributed by atoms with Crippen LogP contribution in [0.2, 0.25) is 0 Å². The number of carboxylic acid groups (broad SMARTS) is 1. The highest BCUT2D eigenvalue weighted by molar-refractivity contribution is 5.69. The van der Waals surface area contributed by atoms with Gasteiger partial charge in [0.2, 0.25) is 0 Å². The number of amides is 1. The van der Waals surface area contributed by atoms with Crippen LogP contribution in [0.3, 0.4) is 0 Å². The lowest BCUT2D eigenvalue weighted by atomic mass is 10.2. The van der Waals surface area contributed by atoms with E-state index >= 15 is 0 Å². The summed E-state index contributed by atoms with van der Waals surface area (Å²) in [5, 5.41) is 8.96. The number of carbonyl (C=O) groups excluding carboxylic acids is 1. The third-order valence-corrected chi connectivity index (χ3v) is 4.11. The number of nitrogens with zero attached hydrogens (tertiary/aromatic N) is 2. The molecular formula is C17H24N2O4. The summed E-state index contributed by atoms with van der Waals surface area (Å²) < 4.78 is 5.36. The molecule has 1 aromatic rings. The van der Waals surface area contributed by atoms with Gasteiger partial charge in [0.25, 0.3) is 0 Å². The van der Waals surface area contributed by atoms with E-state index in [0.717, 1.165) is 24.9 Å². The van der Waals surface area contributed by atoms with Crippen molar-refractivity contribution < 1.29 is 19.4 Å². The van der Waals surface area contributed by atoms with Crippen molar-refractivity contribution in [3.8, 4) is 0 Å². The van der Waals surface area contributed by atoms with Gasteiger partial charge in [-0.05, 0) is 31.9 Å². The first-order valence-corrected chi connectivity index (χ1v) is 8.01. The number of hydrogen-bond donors (Lipinski definition) is 1. The van der Waals surface area contributed by atoms with E-state index in [1.54, 1.807) is 4.90 Å². The summed E-state index contributed by atoms with van der Waals surface area (Å²) in [6.45, 7) is 4.01. The minimum absolute atomic E-state index is 0.0291. The van der Waals surface area contributed by atoms with Gasteiger partial charge < -0.3 is 14.7 Å². The quantitative estimate of drug-likeness (QED) is 0.834. The highest BCUT2D eigenvalue weighted by Crippen LogP contribution is 2.18. The molecule has 0 aromatic heterocycles. The van der Waals surface area contributed by atoms with Crippen LogP contribution in [-0.2, 0) is 16.1 Å². The van der Waals surface area contributed by atoms with Crippen LogP contribution in [0.5, 0.6) is 0 Å². The number of ether oxygens (including phenoxy) is 1. The van der Waals surface area contributed by atoms with Gasteiger partial charge in [0, 0.05) is 19.1 Å². The van der Waals surface area contributed by atoms with Crippen LogP contribution in [0.4, 0.5) is 4.79 Å². The summed E-state index contributed by atoms with van der Waals surface area (Å²) in [5.41, 5.74) is 0.949. The van der Waals surface area contributed by atoms with E-state index in [4.69, 9.17) is 9.84 Å². The molecule has 6 heteroatoms. The molecule has 1 saturated heterocycles. The van der Waals surface area contributed by atoms with Crippen molar-refractivity contribution in [1.82, 2.24) is 9.80 Å². The van der Waals surface area contributed by atoms with Crippen molar-refractivity contribution in [1.29, 1.82) is 0 Å². The summed E-state index contributed by atoms with van der Waals surface area (Å²) in [6.07, 6.45) is 1.53. The van der Waals surface area contributed by atoms with Crippen molar-refractivity contribution in [3.63, 3.8) is 0 Å². The summed E-state index contributed by atoms with van der Waals surface area (Å²) >= 11 is 0. The monoisotopic (exact) mass is 320 g/mol. The number of benzene rings is 1. The maximum atomic E-state index is 12.2. The molecule has 1 aromatic carbocycles. The molecule has 1 heterocycles. The van der Waals surface area contributed by atoms with Crippen LogP contribution in [-0.4, -0.2) is 59.2 Å². The first-order chi connectivity index (χ1) is 11.1. The van der Waals surface area contributed by atoms with Crippen LogP contribution < -0.4 is 0 Å². The molecule has 0 radical (unpaired) electrons. The van der Waals surface area contributed by atoms with Gasteiger partial charge in [-0.2, -0.15) is 0 Å². The summed E-state index contributed by atoms with van der Waals surface area (Å²) in [5.74, 6) is -0.827. The molecule has 1 atom stereocenters. The van der Waals surface area contributed by atoms with Crippen LogP contribution in [0, 0.1) is 0 Å². The lowest BCUT2D eigenvalue weighted by molar-refractivity contribution is -0.138. The van der Waals surface area contributed by atoms with Crippen molar-refractivity contribution in [2.45, 2.75) is 32.4 Å². The number of carbonyl (C=O) groups is 2. The second-order valence-electron chi connectivity index (χ2n) is 5.74. The van der Waals surface area contributed by atoms with Gasteiger partial charge in [0.05, 0.1) is 6.54 Å². The molecule has 23 heavy (non-hydrogen) atoms. The SMILES string of the molecule is CCN(CC1CCCN1CC(=O)O)C(=O)OCc1ccccc1. The minimum atomic E-state index is -0.827. The molecule has 1 fully saturated rings. The highest BCUT2D eigenvalue weighted by Gasteiger charge is 2.29. The fourth-order valence-corrected chi connectivity index (χ4v) is 2.88. The maximum Gasteiger partial charge on any atom is 0.410 e. The maximum absolute atomic E-state index is 12.2. The first kappa shape index (κ1) is 17.3. The molecule has 2 rings (SSSR count). The van der Waals surface area contributed by atoms with Gasteiger partial charge in [0.15, 0.2) is 0 Å². The highest BCUT2D eigenvalue weighted by atomic mass is 16.6. The average Bonchev–Trinajstić information content (AvgIpc) is 2.97. The van der Waals surface area contributed by atoms with E-state index in [2.05, 4.69) is 0 Å². The molecule has 1 aliphatic heterocycles. The Labute approximate surface area is 136 Å². The number of rotatable bonds is 7. The summed E-state index contributed by atoms with van der Waals surface area (Å²) in [4.78, 5) is 26.7. The molecule has 126 valence electrons. The number of carboxylic acids is 1. The van der Waals surface area contributed by atoms with Crippen molar-refractivity contribution in [2.24, 2.45) is 0 Å². The van der Waals surface area contributed by atoms with Crippen molar-refractivity contribution >= 4 is 12.1 Å². The normalized spacial score (nSPS) is 17.9. The third-order valence-electron chi connectivity index (χ3n) is 4.11. The average molecular weight is 320 g/mol. The van der Waals surface area contributed by atoms with Crippen LogP contribution in [0.25, 0.3) is 0 Å². The molecule has 1 N–H and O–H groups in total. The van der Waals surface area contributed by atoms with Gasteiger partial charge in [-0.3, -0.25) is 9.69 Å². The van der Waals surface area contributed by atoms with E-state index < -0.39 is 5.97 Å². The Morgan fingerprint density at radius 1 is 1.35 bits per heavy atom. The van der Waals surface area contributed by atoms with E-state index in [0.29, 0.717) is 13.1 Å². The Hall–Kier alpha value is -2.08. The molecule has 0 aliphatic carbocycles. The number of likely N-dealkylation sites (N-methyl/N-ethyl adjacent to an activating group) is 1. The Balaban J connectivity index is 1.86. The molecule has 0 spiro atoms. The van der Waals surface area contributed by atoms with E-state index in [9.17, 15) is 9.59 Å².